The molecule has 1 aliphatic rings. The Bertz CT molecular complexity index is 1090. The van der Waals surface area contributed by atoms with Crippen LogP contribution in [0.5, 0.6) is 0 Å². The van der Waals surface area contributed by atoms with Crippen LogP contribution in [0.15, 0.2) is 22.8 Å². The molecule has 1 aromatic carbocycles. The third-order valence-electron chi connectivity index (χ3n) is 5.77. The van der Waals surface area contributed by atoms with E-state index in [9.17, 15) is 9.90 Å². The van der Waals surface area contributed by atoms with Crippen molar-refractivity contribution in [2.75, 3.05) is 18.0 Å². The zero-order chi connectivity index (χ0) is 20.9. The maximum absolute atomic E-state index is 11.3. The predicted molar refractivity (Wildman–Crippen MR) is 118 cm³/mol. The fraction of sp³-hybridized carbons (Fsp3) is 0.409. The number of rotatable bonds is 3. The normalized spacial score (nSPS) is 15.3. The Morgan fingerprint density at radius 2 is 1.69 bits per heavy atom. The van der Waals surface area contributed by atoms with E-state index in [1.165, 1.54) is 11.1 Å². The molecule has 3 aromatic rings. The monoisotopic (exact) mass is 456 g/mol. The summed E-state index contributed by atoms with van der Waals surface area (Å²) >= 11 is 3.58. The molecule has 0 atom stereocenters. The van der Waals surface area contributed by atoms with E-state index in [0.29, 0.717) is 25.9 Å². The van der Waals surface area contributed by atoms with Crippen LogP contribution in [-0.4, -0.2) is 38.7 Å². The number of carboxylic acids is 1. The molecule has 7 heteroatoms. The van der Waals surface area contributed by atoms with Crippen LogP contribution in [0.2, 0.25) is 0 Å². The zero-order valence-electron chi connectivity index (χ0n) is 17.2. The second-order valence-electron chi connectivity index (χ2n) is 7.96. The molecule has 4 rings (SSSR count). The number of aryl methyl sites for hydroxylation is 4. The van der Waals surface area contributed by atoms with Crippen molar-refractivity contribution >= 4 is 38.8 Å². The highest BCUT2D eigenvalue weighted by Gasteiger charge is 2.27. The predicted octanol–water partition coefficient (Wildman–Crippen LogP) is 4.72. The van der Waals surface area contributed by atoms with Gasteiger partial charge in [-0.1, -0.05) is 15.9 Å². The Balaban J connectivity index is 1.85. The minimum Gasteiger partial charge on any atom is -0.481 e. The average molecular weight is 457 g/mol. The number of aliphatic carboxylic acids is 1. The minimum atomic E-state index is -0.697. The zero-order valence-corrected chi connectivity index (χ0v) is 18.7. The van der Waals surface area contributed by atoms with Crippen molar-refractivity contribution in [1.29, 1.82) is 0 Å². The van der Waals surface area contributed by atoms with Gasteiger partial charge in [-0.25, -0.2) is 9.97 Å². The lowest BCUT2D eigenvalue weighted by atomic mass is 9.97. The summed E-state index contributed by atoms with van der Waals surface area (Å²) < 4.78 is 3.24. The number of piperidine rings is 1. The molecule has 29 heavy (non-hydrogen) atoms. The van der Waals surface area contributed by atoms with E-state index in [-0.39, 0.29) is 5.92 Å². The molecule has 0 aliphatic carbocycles. The van der Waals surface area contributed by atoms with E-state index in [1.807, 2.05) is 6.92 Å². The van der Waals surface area contributed by atoms with Crippen LogP contribution in [0.4, 0.5) is 5.82 Å². The summed E-state index contributed by atoms with van der Waals surface area (Å²) in [6, 6.07) is 4.24. The van der Waals surface area contributed by atoms with Gasteiger partial charge in [0.25, 0.3) is 0 Å². The molecule has 0 bridgehead atoms. The maximum atomic E-state index is 11.3. The summed E-state index contributed by atoms with van der Waals surface area (Å²) in [5.74, 6) is 0.681. The van der Waals surface area contributed by atoms with Crippen molar-refractivity contribution in [1.82, 2.24) is 14.5 Å². The number of carboxylic acid groups (broad SMARTS) is 1. The van der Waals surface area contributed by atoms with Crippen molar-refractivity contribution in [2.24, 2.45) is 5.92 Å². The van der Waals surface area contributed by atoms with Crippen molar-refractivity contribution in [3.63, 3.8) is 0 Å². The second kappa shape index (κ2) is 7.44. The van der Waals surface area contributed by atoms with Crippen LogP contribution in [-0.2, 0) is 4.79 Å². The molecule has 0 unspecified atom stereocenters. The third-order valence-corrected chi connectivity index (χ3v) is 6.23. The quantitative estimate of drug-likeness (QED) is 0.617. The standard InChI is InChI=1S/C22H25BrN4O2/c1-12-9-17(23)10-13(2)19(12)27-11-14(3)18-20(24-15(4)25-21(18)27)26-7-5-16(6-8-26)22(28)29/h9-11,16H,5-8H2,1-4H3,(H,28,29). The van der Waals surface area contributed by atoms with E-state index in [1.54, 1.807) is 0 Å². The average Bonchev–Trinajstić information content (AvgIpc) is 2.96. The Morgan fingerprint density at radius 1 is 1.07 bits per heavy atom. The van der Waals surface area contributed by atoms with Crippen molar-refractivity contribution in [2.45, 2.75) is 40.5 Å². The van der Waals surface area contributed by atoms with E-state index in [2.05, 4.69) is 64.5 Å². The molecule has 1 saturated heterocycles. The molecule has 0 radical (unpaired) electrons. The molecule has 1 fully saturated rings. The molecule has 152 valence electrons. The number of hydrogen-bond donors (Lipinski definition) is 1. The number of halogens is 1. The van der Waals surface area contributed by atoms with Gasteiger partial charge in [-0.2, -0.15) is 0 Å². The third kappa shape index (κ3) is 3.52. The molecule has 6 nitrogen and oxygen atoms in total. The molecular weight excluding hydrogens is 432 g/mol. The number of hydrogen-bond acceptors (Lipinski definition) is 4. The van der Waals surface area contributed by atoms with Gasteiger partial charge in [-0.3, -0.25) is 4.79 Å². The van der Waals surface area contributed by atoms with Gasteiger partial charge in [-0.15, -0.1) is 0 Å². The summed E-state index contributed by atoms with van der Waals surface area (Å²) in [6.45, 7) is 9.63. The Morgan fingerprint density at radius 3 is 2.28 bits per heavy atom. The summed E-state index contributed by atoms with van der Waals surface area (Å²) in [5, 5.41) is 10.4. The summed E-state index contributed by atoms with van der Waals surface area (Å²) in [5.41, 5.74) is 5.51. The van der Waals surface area contributed by atoms with Gasteiger partial charge in [0, 0.05) is 23.8 Å². The fourth-order valence-corrected chi connectivity index (χ4v) is 5.10. The van der Waals surface area contributed by atoms with Gasteiger partial charge >= 0.3 is 5.97 Å². The maximum Gasteiger partial charge on any atom is 0.306 e. The van der Waals surface area contributed by atoms with E-state index >= 15 is 0 Å². The lowest BCUT2D eigenvalue weighted by Gasteiger charge is -2.31. The molecule has 2 aromatic heterocycles. The van der Waals surface area contributed by atoms with Crippen molar-refractivity contribution in [3.05, 3.63) is 45.3 Å². The first kappa shape index (κ1) is 19.9. The van der Waals surface area contributed by atoms with Crippen LogP contribution in [0.1, 0.15) is 35.4 Å². The molecule has 0 saturated carbocycles. The van der Waals surface area contributed by atoms with Gasteiger partial charge in [0.05, 0.1) is 17.0 Å². The fourth-order valence-electron chi connectivity index (χ4n) is 4.41. The summed E-state index contributed by atoms with van der Waals surface area (Å²) in [7, 11) is 0. The number of anilines is 1. The van der Waals surface area contributed by atoms with Crippen LogP contribution in [0, 0.1) is 33.6 Å². The topological polar surface area (TPSA) is 71.2 Å². The molecular formula is C22H25BrN4O2. The van der Waals surface area contributed by atoms with Crippen LogP contribution < -0.4 is 4.90 Å². The SMILES string of the molecule is Cc1nc(N2CCC(C(=O)O)CC2)c2c(C)cn(-c3c(C)cc(Br)cc3C)c2n1. The van der Waals surface area contributed by atoms with Crippen molar-refractivity contribution < 1.29 is 9.90 Å². The Labute approximate surface area is 178 Å². The number of benzene rings is 1. The summed E-state index contributed by atoms with van der Waals surface area (Å²) in [6.07, 6.45) is 3.42. The second-order valence-corrected chi connectivity index (χ2v) is 8.88. The minimum absolute atomic E-state index is 0.261. The lowest BCUT2D eigenvalue weighted by molar-refractivity contribution is -0.142. The van der Waals surface area contributed by atoms with Gasteiger partial charge in [0.15, 0.2) is 5.65 Å². The Kier molecular flexibility index (Phi) is 5.11. The van der Waals surface area contributed by atoms with Gasteiger partial charge in [0.1, 0.15) is 11.6 Å². The van der Waals surface area contributed by atoms with Crippen LogP contribution in [0.3, 0.4) is 0 Å². The molecule has 1 N–H and O–H groups in total. The molecule has 1 aliphatic heterocycles. The van der Waals surface area contributed by atoms with E-state index in [4.69, 9.17) is 9.97 Å². The van der Waals surface area contributed by atoms with Gasteiger partial charge in [0.2, 0.25) is 0 Å². The lowest BCUT2D eigenvalue weighted by Crippen LogP contribution is -2.37. The number of aromatic nitrogens is 3. The van der Waals surface area contributed by atoms with Gasteiger partial charge in [-0.05, 0) is 69.4 Å². The number of nitrogens with zero attached hydrogens (tertiary/aromatic N) is 4. The Hall–Kier alpha value is -2.41. The molecule has 3 heterocycles. The molecule has 0 spiro atoms. The molecule has 0 amide bonds. The highest BCUT2D eigenvalue weighted by atomic mass is 79.9. The van der Waals surface area contributed by atoms with Crippen LogP contribution in [0.25, 0.3) is 16.7 Å². The summed E-state index contributed by atoms with van der Waals surface area (Å²) in [4.78, 5) is 23.1. The number of fused-ring (bicyclic) bond motifs is 1. The highest BCUT2D eigenvalue weighted by molar-refractivity contribution is 9.10. The van der Waals surface area contributed by atoms with Crippen molar-refractivity contribution in [3.8, 4) is 5.69 Å². The first-order valence-corrected chi connectivity index (χ1v) is 10.7. The first-order valence-electron chi connectivity index (χ1n) is 9.87. The van der Waals surface area contributed by atoms with E-state index < -0.39 is 5.97 Å². The van der Waals surface area contributed by atoms with E-state index in [0.717, 1.165) is 38.4 Å². The van der Waals surface area contributed by atoms with Crippen LogP contribution >= 0.6 is 15.9 Å². The largest absolute Gasteiger partial charge is 0.481 e. The van der Waals surface area contributed by atoms with Gasteiger partial charge < -0.3 is 14.6 Å². The first-order chi connectivity index (χ1) is 13.8. The number of carbonyl (C=O) groups is 1. The highest BCUT2D eigenvalue weighted by Crippen LogP contribution is 2.35. The smallest absolute Gasteiger partial charge is 0.306 e.